The largest absolute Gasteiger partial charge is 0.506 e. The molecule has 1 aliphatic rings. The van der Waals surface area contributed by atoms with E-state index in [2.05, 4.69) is 25.7 Å². The molecule has 2 heterocycles. The summed E-state index contributed by atoms with van der Waals surface area (Å²) in [4.78, 5) is 43.6. The minimum atomic E-state index is -0.916. The molecule has 2 aromatic carbocycles. The first-order chi connectivity index (χ1) is 19.6. The van der Waals surface area contributed by atoms with Crippen LogP contribution < -0.4 is 24.4 Å². The SMILES string of the molecule is CCOC(=O)C1=C(C)N=c2s/c(=C/c3cc(Br)cc(Cl)c3O)c(=O)n2[C@@H]1c1ccc(OCC(=O)OC)c(OCC)c1. The number of phenolic OH excluding ortho intramolecular Hbond substituents is 1. The molecule has 1 aliphatic heterocycles. The third-order valence-corrected chi connectivity index (χ3v) is 7.75. The van der Waals surface area contributed by atoms with Crippen LogP contribution in [0.5, 0.6) is 17.2 Å². The van der Waals surface area contributed by atoms with Gasteiger partial charge in [0.25, 0.3) is 5.56 Å². The number of aromatic hydroxyl groups is 1. The number of fused-ring (bicyclic) bond motifs is 1. The van der Waals surface area contributed by atoms with Crippen LogP contribution in [0.25, 0.3) is 6.08 Å². The quantitative estimate of drug-likeness (QED) is 0.342. The second-order valence-corrected chi connectivity index (χ2v) is 11.0. The summed E-state index contributed by atoms with van der Waals surface area (Å²) in [5.41, 5.74) is 0.992. The second-order valence-electron chi connectivity index (χ2n) is 8.63. The van der Waals surface area contributed by atoms with Crippen LogP contribution in [0.3, 0.4) is 0 Å². The van der Waals surface area contributed by atoms with Crippen LogP contribution >= 0.6 is 38.9 Å². The van der Waals surface area contributed by atoms with E-state index in [0.29, 0.717) is 38.5 Å². The molecule has 1 aromatic heterocycles. The van der Waals surface area contributed by atoms with Crippen molar-refractivity contribution < 1.29 is 33.6 Å². The number of aromatic nitrogens is 1. The molecule has 0 bridgehead atoms. The minimum absolute atomic E-state index is 0.120. The third kappa shape index (κ3) is 6.34. The Morgan fingerprint density at radius 3 is 2.61 bits per heavy atom. The van der Waals surface area contributed by atoms with Crippen molar-refractivity contribution in [3.05, 3.63) is 81.9 Å². The maximum atomic E-state index is 13.9. The average molecular weight is 666 g/mol. The second kappa shape index (κ2) is 12.9. The molecule has 216 valence electrons. The standard InChI is InChI=1S/C28H26BrClN2O8S/c1-5-38-20-10-15(7-8-19(20)40-13-22(33)37-4)24-23(27(36)39-6-2)14(3)31-28-32(24)26(35)21(41-28)11-16-9-17(29)12-18(30)25(16)34/h7-12,24,34H,5-6,13H2,1-4H3/b21-11+/t24-/m1/s1. The summed E-state index contributed by atoms with van der Waals surface area (Å²) in [5, 5.41) is 10.6. The van der Waals surface area contributed by atoms with Crippen LogP contribution in [-0.4, -0.2) is 48.5 Å². The number of ether oxygens (including phenoxy) is 4. The van der Waals surface area contributed by atoms with Gasteiger partial charge in [0.2, 0.25) is 0 Å². The monoisotopic (exact) mass is 664 g/mol. The molecule has 3 aromatic rings. The first-order valence-electron chi connectivity index (χ1n) is 12.4. The highest BCUT2D eigenvalue weighted by Crippen LogP contribution is 2.37. The number of nitrogens with zero attached hydrogens (tertiary/aromatic N) is 2. The zero-order valence-electron chi connectivity index (χ0n) is 22.5. The fraction of sp³-hybridized carbons (Fsp3) is 0.286. The average Bonchev–Trinajstić information content (AvgIpc) is 3.23. The Morgan fingerprint density at radius 1 is 1.17 bits per heavy atom. The number of thiazole rings is 1. The van der Waals surface area contributed by atoms with Gasteiger partial charge in [0.15, 0.2) is 22.9 Å². The number of carbonyl (C=O) groups is 2. The van der Waals surface area contributed by atoms with Crippen molar-refractivity contribution in [3.8, 4) is 17.2 Å². The minimum Gasteiger partial charge on any atom is -0.506 e. The van der Waals surface area contributed by atoms with Crippen LogP contribution in [0.2, 0.25) is 5.02 Å². The maximum Gasteiger partial charge on any atom is 0.343 e. The highest BCUT2D eigenvalue weighted by atomic mass is 79.9. The topological polar surface area (TPSA) is 126 Å². The molecule has 0 radical (unpaired) electrons. The van der Waals surface area contributed by atoms with Crippen LogP contribution in [0, 0.1) is 0 Å². The molecule has 41 heavy (non-hydrogen) atoms. The summed E-state index contributed by atoms with van der Waals surface area (Å²) in [5.74, 6) is -0.765. The summed E-state index contributed by atoms with van der Waals surface area (Å²) in [7, 11) is 1.26. The van der Waals surface area contributed by atoms with Crippen molar-refractivity contribution in [2.75, 3.05) is 26.9 Å². The molecule has 0 aliphatic carbocycles. The normalized spacial score (nSPS) is 14.8. The Bertz CT molecular complexity index is 1730. The molecule has 13 heteroatoms. The first kappa shape index (κ1) is 30.4. The van der Waals surface area contributed by atoms with Gasteiger partial charge in [0.05, 0.1) is 47.2 Å². The third-order valence-electron chi connectivity index (χ3n) is 6.02. The Balaban J connectivity index is 1.93. The van der Waals surface area contributed by atoms with Gasteiger partial charge in [-0.25, -0.2) is 14.6 Å². The van der Waals surface area contributed by atoms with Crippen molar-refractivity contribution in [2.45, 2.75) is 26.8 Å². The zero-order chi connectivity index (χ0) is 29.8. The summed E-state index contributed by atoms with van der Waals surface area (Å²) < 4.78 is 23.6. The molecule has 0 spiro atoms. The van der Waals surface area contributed by atoms with E-state index < -0.39 is 23.5 Å². The maximum absolute atomic E-state index is 13.9. The van der Waals surface area contributed by atoms with Crippen molar-refractivity contribution in [3.63, 3.8) is 0 Å². The van der Waals surface area contributed by atoms with Gasteiger partial charge in [-0.05, 0) is 56.7 Å². The van der Waals surface area contributed by atoms with Gasteiger partial charge in [-0.3, -0.25) is 9.36 Å². The van der Waals surface area contributed by atoms with E-state index in [-0.39, 0.29) is 39.8 Å². The summed E-state index contributed by atoms with van der Waals surface area (Å²) in [6.45, 7) is 5.24. The number of hydrogen-bond acceptors (Lipinski definition) is 10. The lowest BCUT2D eigenvalue weighted by atomic mass is 9.95. The van der Waals surface area contributed by atoms with Crippen LogP contribution in [-0.2, 0) is 19.1 Å². The summed E-state index contributed by atoms with van der Waals surface area (Å²) >= 11 is 10.6. The van der Waals surface area contributed by atoms with Gasteiger partial charge < -0.3 is 24.1 Å². The molecule has 10 nitrogen and oxygen atoms in total. The van der Waals surface area contributed by atoms with E-state index in [9.17, 15) is 19.5 Å². The molecule has 0 fully saturated rings. The Labute approximate surface area is 252 Å². The van der Waals surface area contributed by atoms with Gasteiger partial charge in [-0.2, -0.15) is 0 Å². The number of halogens is 2. The van der Waals surface area contributed by atoms with Crippen LogP contribution in [0.1, 0.15) is 37.9 Å². The predicted molar refractivity (Wildman–Crippen MR) is 156 cm³/mol. The molecule has 0 saturated heterocycles. The van der Waals surface area contributed by atoms with Gasteiger partial charge in [0.1, 0.15) is 5.75 Å². The van der Waals surface area contributed by atoms with Crippen LogP contribution in [0.15, 0.2) is 55.9 Å². The number of hydrogen-bond donors (Lipinski definition) is 1. The van der Waals surface area contributed by atoms with E-state index in [4.69, 9.17) is 25.8 Å². The molecule has 0 amide bonds. The highest BCUT2D eigenvalue weighted by Gasteiger charge is 2.34. The lowest BCUT2D eigenvalue weighted by Gasteiger charge is -2.25. The van der Waals surface area contributed by atoms with Gasteiger partial charge >= 0.3 is 11.9 Å². The molecule has 1 N–H and O–H groups in total. The highest BCUT2D eigenvalue weighted by molar-refractivity contribution is 9.10. The number of phenols is 1. The first-order valence-corrected chi connectivity index (χ1v) is 14.4. The molecule has 1 atom stereocenters. The fourth-order valence-corrected chi connectivity index (χ4v) is 6.09. The number of esters is 2. The van der Waals surface area contributed by atoms with E-state index in [1.807, 2.05) is 0 Å². The van der Waals surface area contributed by atoms with Crippen LogP contribution in [0.4, 0.5) is 0 Å². The van der Waals surface area contributed by atoms with E-state index >= 15 is 0 Å². The smallest absolute Gasteiger partial charge is 0.343 e. The van der Waals surface area contributed by atoms with E-state index in [0.717, 1.165) is 11.3 Å². The Kier molecular flexibility index (Phi) is 9.57. The molecule has 4 rings (SSSR count). The number of allylic oxidation sites excluding steroid dienone is 1. The molecule has 0 unspecified atom stereocenters. The van der Waals surface area contributed by atoms with E-state index in [1.54, 1.807) is 51.1 Å². The zero-order valence-corrected chi connectivity index (χ0v) is 25.7. The Morgan fingerprint density at radius 2 is 1.93 bits per heavy atom. The van der Waals surface area contributed by atoms with Crippen molar-refractivity contribution in [1.29, 1.82) is 0 Å². The molecule has 0 saturated carbocycles. The number of benzene rings is 2. The predicted octanol–water partition coefficient (Wildman–Crippen LogP) is 3.87. The van der Waals surface area contributed by atoms with Crippen molar-refractivity contribution >= 4 is 56.9 Å². The van der Waals surface area contributed by atoms with E-state index in [1.165, 1.54) is 17.8 Å². The lowest BCUT2D eigenvalue weighted by molar-refractivity contribution is -0.143. The Hall–Kier alpha value is -3.61. The summed E-state index contributed by atoms with van der Waals surface area (Å²) in [6.07, 6.45) is 1.52. The molecular formula is C28H26BrClN2O8S. The number of carbonyl (C=O) groups excluding carboxylic acids is 2. The van der Waals surface area contributed by atoms with Crippen molar-refractivity contribution in [1.82, 2.24) is 4.57 Å². The number of methoxy groups -OCH3 is 1. The van der Waals surface area contributed by atoms with Gasteiger partial charge in [0, 0.05) is 10.0 Å². The fourth-order valence-electron chi connectivity index (χ4n) is 4.22. The lowest BCUT2D eigenvalue weighted by Crippen LogP contribution is -2.40. The number of rotatable bonds is 9. The summed E-state index contributed by atoms with van der Waals surface area (Å²) in [6, 6.07) is 7.18. The molecular weight excluding hydrogens is 640 g/mol. The van der Waals surface area contributed by atoms with Gasteiger partial charge in [-0.15, -0.1) is 0 Å². The van der Waals surface area contributed by atoms with Crippen molar-refractivity contribution in [2.24, 2.45) is 4.99 Å². The van der Waals surface area contributed by atoms with Gasteiger partial charge in [-0.1, -0.05) is 44.9 Å².